The van der Waals surface area contributed by atoms with Crippen molar-refractivity contribution in [3.05, 3.63) is 0 Å². The number of hydrogen-bond acceptors (Lipinski definition) is 10. The molecule has 8 aliphatic carbocycles. The monoisotopic (exact) mass is 1080 g/mol. The molecule has 6 N–H and O–H groups in total. The molecule has 8 rings (SSSR count). The van der Waals surface area contributed by atoms with E-state index in [1.54, 1.807) is 0 Å². The highest BCUT2D eigenvalue weighted by Gasteiger charge is 2.68. The SMILES string of the molecule is C[C@H](CCC(=O)NCCNC(=O)CC[C@@H](C)[C@H]1CC[C@H]2[C@@H]3[C@H](O)CC4C[C@H](OC(=O)CBr)CC[C@]4(C)[C@H]3C[C@H](O)[C@]12C)[C@H]1CC[C@H]2[C@@H]3[C@H](O)CC4C[C@H](OC(=O)CBr)CC[C@]4(C)[C@H]3C[C@H](O)[C@]12C. The first kappa shape index (κ1) is 53.0. The predicted octanol–water partition coefficient (Wildman–Crippen LogP) is 7.87. The van der Waals surface area contributed by atoms with Gasteiger partial charge in [-0.3, -0.25) is 19.2 Å². The number of alkyl halides is 2. The van der Waals surface area contributed by atoms with Crippen LogP contribution in [-0.2, 0) is 28.7 Å². The zero-order valence-electron chi connectivity index (χ0n) is 41.9. The Labute approximate surface area is 423 Å². The van der Waals surface area contributed by atoms with Crippen molar-refractivity contribution >= 4 is 55.6 Å². The first-order chi connectivity index (χ1) is 32.2. The van der Waals surface area contributed by atoms with Crippen LogP contribution in [0.25, 0.3) is 0 Å². The number of amides is 2. The summed E-state index contributed by atoms with van der Waals surface area (Å²) in [6.07, 6.45) is 11.9. The lowest BCUT2D eigenvalue weighted by atomic mass is 9.43. The van der Waals surface area contributed by atoms with E-state index < -0.39 is 24.4 Å². The first-order valence-corrected chi connectivity index (χ1v) is 29.2. The number of halogens is 2. The van der Waals surface area contributed by atoms with Crippen molar-refractivity contribution in [2.24, 2.45) is 92.7 Å². The van der Waals surface area contributed by atoms with Crippen molar-refractivity contribution in [2.75, 3.05) is 23.7 Å². The minimum atomic E-state index is -0.477. The van der Waals surface area contributed by atoms with E-state index in [1.165, 1.54) is 0 Å². The Balaban J connectivity index is 0.760. The molecule has 0 heterocycles. The molecule has 68 heavy (non-hydrogen) atoms. The molecule has 0 radical (unpaired) electrons. The number of esters is 2. The normalized spacial score (nSPS) is 46.8. The average Bonchev–Trinajstić information content (AvgIpc) is 3.86. The second kappa shape index (κ2) is 20.9. The van der Waals surface area contributed by atoms with E-state index in [9.17, 15) is 39.6 Å². The van der Waals surface area contributed by atoms with Gasteiger partial charge in [-0.05, 0) is 195 Å². The highest BCUT2D eigenvalue weighted by atomic mass is 79.9. The van der Waals surface area contributed by atoms with Crippen LogP contribution in [0.15, 0.2) is 0 Å². The maximum Gasteiger partial charge on any atom is 0.316 e. The molecule has 14 heteroatoms. The van der Waals surface area contributed by atoms with Gasteiger partial charge in [0, 0.05) is 25.9 Å². The molecule has 22 atom stereocenters. The molecular weight excluding hydrogens is 996 g/mol. The Morgan fingerprint density at radius 2 is 0.941 bits per heavy atom. The minimum absolute atomic E-state index is 0.00812. The average molecular weight is 1080 g/mol. The molecule has 386 valence electrons. The molecule has 2 unspecified atom stereocenters. The second-order valence-electron chi connectivity index (χ2n) is 25.0. The summed E-state index contributed by atoms with van der Waals surface area (Å²) < 4.78 is 11.5. The lowest BCUT2D eigenvalue weighted by Crippen LogP contribution is -2.62. The number of carbonyl (C=O) groups is 4. The van der Waals surface area contributed by atoms with Gasteiger partial charge in [-0.15, -0.1) is 0 Å². The maximum absolute atomic E-state index is 13.1. The zero-order chi connectivity index (χ0) is 49.1. The number of carbonyl (C=O) groups excluding carboxylic acids is 4. The van der Waals surface area contributed by atoms with Crippen LogP contribution in [0.4, 0.5) is 0 Å². The van der Waals surface area contributed by atoms with Crippen LogP contribution in [0.5, 0.6) is 0 Å². The third-order valence-corrected chi connectivity index (χ3v) is 23.2. The van der Waals surface area contributed by atoms with E-state index in [-0.39, 0.29) is 139 Å². The standard InChI is InChI=1S/C54H86Br2N2O10/c1-29(35-9-11-37-49-39(25-43(61)53(35,37)5)51(3)17-15-33(67-47(65)27-55)21-31(51)23-41(49)59)7-13-45(63)57-19-20-58-46(64)14-8-30(2)36-10-12-38-50-40(26-44(62)54(36,38)6)52(4)18-16-34(68-48(66)28-56)22-32(52)24-42(50)60/h29-44,49-50,59-62H,7-28H2,1-6H3,(H,57,63)(H,58,64)/t29-,30-,31?,32?,33-,34-,35-,36-,37+,38+,39+,40+,41-,42-,43+,44+,49+,50+,51+,52+,53-,54-/m1/s1. The number of fused-ring (bicyclic) bond motifs is 10. The summed E-state index contributed by atoms with van der Waals surface area (Å²) in [4.78, 5) is 50.4. The molecule has 0 saturated heterocycles. The lowest BCUT2D eigenvalue weighted by Gasteiger charge is -2.63. The van der Waals surface area contributed by atoms with Crippen molar-refractivity contribution in [2.45, 2.75) is 194 Å². The molecule has 8 aliphatic rings. The van der Waals surface area contributed by atoms with Gasteiger partial charge in [0.05, 0.1) is 24.4 Å². The molecule has 0 aliphatic heterocycles. The Morgan fingerprint density at radius 3 is 1.31 bits per heavy atom. The van der Waals surface area contributed by atoms with Crippen LogP contribution in [0, 0.1) is 92.7 Å². The maximum atomic E-state index is 13.1. The number of nitrogens with one attached hydrogen (secondary N) is 2. The number of aliphatic hydroxyl groups is 4. The van der Waals surface area contributed by atoms with Crippen LogP contribution >= 0.6 is 31.9 Å². The van der Waals surface area contributed by atoms with Gasteiger partial charge in [0.15, 0.2) is 0 Å². The van der Waals surface area contributed by atoms with Crippen molar-refractivity contribution in [1.82, 2.24) is 10.6 Å². The largest absolute Gasteiger partial charge is 0.462 e. The van der Waals surface area contributed by atoms with Crippen LogP contribution in [0.2, 0.25) is 0 Å². The van der Waals surface area contributed by atoms with Crippen LogP contribution in [0.1, 0.15) is 157 Å². The van der Waals surface area contributed by atoms with Gasteiger partial charge in [0.2, 0.25) is 11.8 Å². The van der Waals surface area contributed by atoms with E-state index in [1.807, 2.05) is 0 Å². The summed E-state index contributed by atoms with van der Waals surface area (Å²) in [5.74, 6) is 2.10. The summed E-state index contributed by atoms with van der Waals surface area (Å²) in [5.41, 5.74) is -0.663. The zero-order valence-corrected chi connectivity index (χ0v) is 45.1. The van der Waals surface area contributed by atoms with Crippen molar-refractivity contribution < 1.29 is 49.1 Å². The van der Waals surface area contributed by atoms with Gasteiger partial charge in [-0.25, -0.2) is 0 Å². The van der Waals surface area contributed by atoms with Crippen molar-refractivity contribution in [3.8, 4) is 0 Å². The molecule has 0 spiro atoms. The fourth-order valence-corrected chi connectivity index (χ4v) is 18.8. The van der Waals surface area contributed by atoms with Gasteiger partial charge in [-0.2, -0.15) is 0 Å². The Hall–Kier alpha value is -1.32. The number of aliphatic hydroxyl groups excluding tert-OH is 4. The molecule has 2 amide bonds. The lowest BCUT2D eigenvalue weighted by molar-refractivity contribution is -0.209. The summed E-state index contributed by atoms with van der Waals surface area (Å²) >= 11 is 6.43. The Bertz CT molecular complexity index is 1710. The van der Waals surface area contributed by atoms with Crippen LogP contribution < -0.4 is 10.6 Å². The quantitative estimate of drug-likeness (QED) is 0.0535. The number of rotatable bonds is 15. The van der Waals surface area contributed by atoms with Gasteiger partial charge in [0.25, 0.3) is 0 Å². The highest BCUT2D eigenvalue weighted by Crippen LogP contribution is 2.70. The summed E-state index contributed by atoms with van der Waals surface area (Å²) in [6, 6.07) is 0. The van der Waals surface area contributed by atoms with Gasteiger partial charge < -0.3 is 40.5 Å². The smallest absolute Gasteiger partial charge is 0.316 e. The third kappa shape index (κ3) is 9.56. The van der Waals surface area contributed by atoms with E-state index >= 15 is 0 Å². The van der Waals surface area contributed by atoms with Crippen LogP contribution in [-0.4, -0.2) is 105 Å². The first-order valence-electron chi connectivity index (χ1n) is 27.0. The summed E-state index contributed by atoms with van der Waals surface area (Å²) in [5, 5.41) is 54.2. The molecular formula is C54H86Br2N2O10. The fraction of sp³-hybridized carbons (Fsp3) is 0.926. The topological polar surface area (TPSA) is 192 Å². The Morgan fingerprint density at radius 1 is 0.559 bits per heavy atom. The molecule has 0 aromatic rings. The Kier molecular flexibility index (Phi) is 16.3. The molecule has 0 bridgehead atoms. The number of hydrogen-bond donors (Lipinski definition) is 6. The minimum Gasteiger partial charge on any atom is -0.462 e. The van der Waals surface area contributed by atoms with E-state index in [2.05, 4.69) is 84.0 Å². The summed E-state index contributed by atoms with van der Waals surface area (Å²) in [7, 11) is 0. The molecule has 0 aromatic carbocycles. The van der Waals surface area contributed by atoms with E-state index in [0.717, 1.165) is 64.2 Å². The predicted molar refractivity (Wildman–Crippen MR) is 266 cm³/mol. The molecule has 8 saturated carbocycles. The van der Waals surface area contributed by atoms with E-state index in [0.29, 0.717) is 64.5 Å². The second-order valence-corrected chi connectivity index (χ2v) is 26.1. The van der Waals surface area contributed by atoms with Crippen molar-refractivity contribution in [3.63, 3.8) is 0 Å². The van der Waals surface area contributed by atoms with Crippen LogP contribution in [0.3, 0.4) is 0 Å². The van der Waals surface area contributed by atoms with Crippen molar-refractivity contribution in [1.29, 1.82) is 0 Å². The number of ether oxygens (including phenoxy) is 2. The molecule has 12 nitrogen and oxygen atoms in total. The fourth-order valence-electron chi connectivity index (χ4n) is 18.6. The molecule has 0 aromatic heterocycles. The van der Waals surface area contributed by atoms with Gasteiger partial charge in [-0.1, -0.05) is 73.4 Å². The molecule has 8 fully saturated rings. The van der Waals surface area contributed by atoms with E-state index in [4.69, 9.17) is 9.47 Å². The van der Waals surface area contributed by atoms with Gasteiger partial charge in [0.1, 0.15) is 22.9 Å². The highest BCUT2D eigenvalue weighted by molar-refractivity contribution is 9.09. The third-order valence-electron chi connectivity index (χ3n) is 22.2. The summed E-state index contributed by atoms with van der Waals surface area (Å²) in [6.45, 7) is 14.4. The van der Waals surface area contributed by atoms with Gasteiger partial charge >= 0.3 is 11.9 Å².